The summed E-state index contributed by atoms with van der Waals surface area (Å²) >= 11 is 0. The maximum absolute atomic E-state index is 13.1. The van der Waals surface area contributed by atoms with Crippen LogP contribution in [0.2, 0.25) is 18.1 Å². The maximum atomic E-state index is 13.1. The average molecular weight is 455 g/mol. The van der Waals surface area contributed by atoms with Crippen LogP contribution in [0.1, 0.15) is 68.2 Å². The molecule has 0 rings (SSSR count). The third-order valence-corrected chi connectivity index (χ3v) is 11.2. The predicted molar refractivity (Wildman–Crippen MR) is 130 cm³/mol. The van der Waals surface area contributed by atoms with Gasteiger partial charge in [-0.05, 0) is 56.8 Å². The van der Waals surface area contributed by atoms with Gasteiger partial charge in [-0.1, -0.05) is 54.2 Å². The van der Waals surface area contributed by atoms with Crippen LogP contribution in [0.15, 0.2) is 25.3 Å². The molecule has 0 aromatic carbocycles. The first-order valence-corrected chi connectivity index (χ1v) is 14.3. The van der Waals surface area contributed by atoms with Gasteiger partial charge in [0, 0.05) is 5.92 Å². The molecule has 0 fully saturated rings. The molecule has 0 aromatic heterocycles. The largest absolute Gasteiger partial charge is 0.459 e. The maximum Gasteiger partial charge on any atom is 0.311 e. The highest BCUT2D eigenvalue weighted by atomic mass is 28.4. The van der Waals surface area contributed by atoms with Gasteiger partial charge in [0.25, 0.3) is 0 Å². The molecule has 180 valence electrons. The van der Waals surface area contributed by atoms with Crippen LogP contribution in [-0.4, -0.2) is 43.0 Å². The van der Waals surface area contributed by atoms with Crippen molar-refractivity contribution in [3.05, 3.63) is 25.3 Å². The lowest BCUT2D eigenvalue weighted by molar-refractivity contribution is -0.168. The fourth-order valence-electron chi connectivity index (χ4n) is 3.37. The Hall–Kier alpha value is -1.24. The Bertz CT molecular complexity index is 632. The van der Waals surface area contributed by atoms with E-state index in [2.05, 4.69) is 47.0 Å². The van der Waals surface area contributed by atoms with E-state index in [9.17, 15) is 14.7 Å². The minimum absolute atomic E-state index is 0.0127. The normalized spacial score (nSPS) is 19.3. The van der Waals surface area contributed by atoms with Gasteiger partial charge in [0.05, 0.1) is 12.0 Å². The highest BCUT2D eigenvalue weighted by molar-refractivity contribution is 6.74. The number of rotatable bonds is 13. The molecule has 6 atom stereocenters. The molecule has 0 spiro atoms. The zero-order valence-corrected chi connectivity index (χ0v) is 22.5. The van der Waals surface area contributed by atoms with Crippen LogP contribution in [-0.2, 0) is 18.8 Å². The van der Waals surface area contributed by atoms with Gasteiger partial charge in [0.15, 0.2) is 14.1 Å². The lowest BCUT2D eigenvalue weighted by Crippen LogP contribution is -2.50. The molecule has 0 bridgehead atoms. The summed E-state index contributed by atoms with van der Waals surface area (Å²) in [6, 6.07) is 0. The average Bonchev–Trinajstić information content (AvgIpc) is 2.67. The van der Waals surface area contributed by atoms with Crippen LogP contribution in [0.5, 0.6) is 0 Å². The fraction of sp³-hybridized carbons (Fsp3) is 0.760. The second kappa shape index (κ2) is 11.6. The van der Waals surface area contributed by atoms with Crippen LogP contribution in [0, 0.1) is 17.8 Å². The predicted octanol–water partition coefficient (Wildman–Crippen LogP) is 5.69. The molecule has 0 heterocycles. The lowest BCUT2D eigenvalue weighted by Gasteiger charge is -2.43. The SMILES string of the molecule is C=CC(=O)[C@H](C)C[C@H](C)[C@H](O[Si](C)(C)C(C)(C)C)[C@@H](C)C(=O)O[C@H](CC)[C@@](C)(O)C=C. The number of hydrogen-bond donors (Lipinski definition) is 1. The number of allylic oxidation sites excluding steroid dienone is 1. The fourth-order valence-corrected chi connectivity index (χ4v) is 4.84. The van der Waals surface area contributed by atoms with Gasteiger partial charge in [-0.2, -0.15) is 0 Å². The number of ketones is 1. The van der Waals surface area contributed by atoms with Crippen LogP contribution in [0.25, 0.3) is 0 Å². The Morgan fingerprint density at radius 2 is 1.61 bits per heavy atom. The smallest absolute Gasteiger partial charge is 0.311 e. The Morgan fingerprint density at radius 1 is 1.10 bits per heavy atom. The number of aliphatic hydroxyl groups is 1. The van der Waals surface area contributed by atoms with Crippen molar-refractivity contribution in [2.45, 2.75) is 104 Å². The first kappa shape index (κ1) is 29.8. The van der Waals surface area contributed by atoms with E-state index in [1.54, 1.807) is 6.92 Å². The molecule has 0 unspecified atom stereocenters. The van der Waals surface area contributed by atoms with Gasteiger partial charge >= 0.3 is 5.97 Å². The summed E-state index contributed by atoms with van der Waals surface area (Å²) in [7, 11) is -2.20. The quantitative estimate of drug-likeness (QED) is 0.167. The number of carbonyl (C=O) groups is 2. The molecule has 0 aliphatic rings. The van der Waals surface area contributed by atoms with Crippen molar-refractivity contribution in [1.82, 2.24) is 0 Å². The van der Waals surface area contributed by atoms with Crippen molar-refractivity contribution in [3.63, 3.8) is 0 Å². The van der Waals surface area contributed by atoms with Crippen molar-refractivity contribution >= 4 is 20.1 Å². The number of esters is 1. The summed E-state index contributed by atoms with van der Waals surface area (Å²) in [5.74, 6) is -1.22. The van der Waals surface area contributed by atoms with E-state index in [4.69, 9.17) is 9.16 Å². The molecule has 0 saturated heterocycles. The second-order valence-corrected chi connectivity index (χ2v) is 15.4. The van der Waals surface area contributed by atoms with E-state index in [0.29, 0.717) is 12.8 Å². The molecule has 0 aliphatic carbocycles. The summed E-state index contributed by atoms with van der Waals surface area (Å²) in [5, 5.41) is 10.5. The van der Waals surface area contributed by atoms with Crippen molar-refractivity contribution in [2.75, 3.05) is 0 Å². The van der Waals surface area contributed by atoms with Crippen molar-refractivity contribution in [3.8, 4) is 0 Å². The topological polar surface area (TPSA) is 72.8 Å². The molecule has 0 aliphatic heterocycles. The first-order valence-electron chi connectivity index (χ1n) is 11.4. The summed E-state index contributed by atoms with van der Waals surface area (Å²) in [4.78, 5) is 25.2. The third kappa shape index (κ3) is 8.32. The molecular formula is C25H46O5Si. The van der Waals surface area contributed by atoms with Gasteiger partial charge in [-0.3, -0.25) is 9.59 Å². The number of ether oxygens (including phenoxy) is 1. The van der Waals surface area contributed by atoms with Gasteiger partial charge < -0.3 is 14.3 Å². The first-order chi connectivity index (χ1) is 13.9. The second-order valence-electron chi connectivity index (χ2n) is 10.6. The van der Waals surface area contributed by atoms with E-state index >= 15 is 0 Å². The van der Waals surface area contributed by atoms with Gasteiger partial charge in [0.2, 0.25) is 0 Å². The molecule has 5 nitrogen and oxygen atoms in total. The van der Waals surface area contributed by atoms with Gasteiger partial charge in [0.1, 0.15) is 11.7 Å². The molecule has 6 heteroatoms. The van der Waals surface area contributed by atoms with E-state index < -0.39 is 38.0 Å². The molecule has 31 heavy (non-hydrogen) atoms. The Balaban J connectivity index is 5.84. The van der Waals surface area contributed by atoms with Crippen LogP contribution < -0.4 is 0 Å². The summed E-state index contributed by atoms with van der Waals surface area (Å²) in [6.45, 7) is 27.2. The zero-order chi connectivity index (χ0) is 24.8. The van der Waals surface area contributed by atoms with E-state index in [1.165, 1.54) is 12.2 Å². The molecule has 0 amide bonds. The summed E-state index contributed by atoms with van der Waals surface area (Å²) < 4.78 is 12.4. The monoisotopic (exact) mass is 454 g/mol. The lowest BCUT2D eigenvalue weighted by atomic mass is 9.85. The minimum atomic E-state index is -2.20. The van der Waals surface area contributed by atoms with Crippen molar-refractivity contribution in [2.24, 2.45) is 17.8 Å². The minimum Gasteiger partial charge on any atom is -0.459 e. The van der Waals surface area contributed by atoms with Gasteiger partial charge in [-0.15, -0.1) is 6.58 Å². The van der Waals surface area contributed by atoms with E-state index in [1.807, 2.05) is 27.7 Å². The molecule has 1 N–H and O–H groups in total. The third-order valence-electron chi connectivity index (χ3n) is 6.77. The summed E-state index contributed by atoms with van der Waals surface area (Å²) in [5.41, 5.74) is -1.31. The molecule has 0 saturated carbocycles. The molecule has 0 radical (unpaired) electrons. The number of carbonyl (C=O) groups excluding carboxylic acids is 2. The van der Waals surface area contributed by atoms with E-state index in [0.717, 1.165) is 0 Å². The standard InChI is InChI=1S/C25H46O5Si/c1-13-20(26)17(4)16-18(5)22(30-31(11,12)24(7,8)9)19(6)23(27)29-21(14-2)25(10,28)15-3/h13,15,17-19,21-22,28H,1,3,14,16H2,2,4-12H3/t17-,18+,19-,21-,22+,25+/m1/s1. The Labute approximate surface area is 191 Å². The zero-order valence-electron chi connectivity index (χ0n) is 21.5. The van der Waals surface area contributed by atoms with E-state index in [-0.39, 0.29) is 22.7 Å². The highest BCUT2D eigenvalue weighted by Crippen LogP contribution is 2.40. The van der Waals surface area contributed by atoms with Crippen LogP contribution in [0.3, 0.4) is 0 Å². The van der Waals surface area contributed by atoms with Gasteiger partial charge in [-0.25, -0.2) is 0 Å². The van der Waals surface area contributed by atoms with Crippen molar-refractivity contribution in [1.29, 1.82) is 0 Å². The van der Waals surface area contributed by atoms with Crippen molar-refractivity contribution < 1.29 is 23.9 Å². The molecule has 0 aromatic rings. The Morgan fingerprint density at radius 3 is 2.00 bits per heavy atom. The van der Waals surface area contributed by atoms with Crippen LogP contribution in [0.4, 0.5) is 0 Å². The highest BCUT2D eigenvalue weighted by Gasteiger charge is 2.44. The Kier molecular flexibility index (Phi) is 11.1. The number of hydrogen-bond acceptors (Lipinski definition) is 5. The molecular weight excluding hydrogens is 408 g/mol. The summed E-state index contributed by atoms with van der Waals surface area (Å²) in [6.07, 6.45) is 2.70. The van der Waals surface area contributed by atoms with Crippen LogP contribution >= 0.6 is 0 Å².